The van der Waals surface area contributed by atoms with Crippen LogP contribution in [0.3, 0.4) is 0 Å². The minimum absolute atomic E-state index is 0.168. The first-order valence-corrected chi connectivity index (χ1v) is 8.63. The normalized spacial score (nSPS) is 11.0. The summed E-state index contributed by atoms with van der Waals surface area (Å²) in [6, 6.07) is 1.63. The summed E-state index contributed by atoms with van der Waals surface area (Å²) < 4.78 is 6.47. The highest BCUT2D eigenvalue weighted by atomic mass is 16.5. The summed E-state index contributed by atoms with van der Waals surface area (Å²) in [6.07, 6.45) is 11.3. The standard InChI is InChI=1S/C19H18N4O4.C2H2/c1-4-27-19(26)14-11(2)22-16-15(14)12(10-23(3)18(16)25)6-7-13(24)17-20-8-5-9-21-17;1-2/h5,8-10,13,22,24H,4H2,1-3H3;1-2H/t13-;/m0./s1. The Morgan fingerprint density at radius 3 is 2.66 bits per heavy atom. The summed E-state index contributed by atoms with van der Waals surface area (Å²) in [5.41, 5.74) is 1.16. The molecule has 8 nitrogen and oxygen atoms in total. The number of pyridine rings is 1. The number of aliphatic hydroxyl groups excluding tert-OH is 1. The first-order chi connectivity index (χ1) is 13.9. The third-order valence-electron chi connectivity index (χ3n) is 3.97. The van der Waals surface area contributed by atoms with Crippen LogP contribution in [0.25, 0.3) is 10.9 Å². The highest BCUT2D eigenvalue weighted by molar-refractivity contribution is 6.07. The number of ether oxygens (including phenoxy) is 1. The Morgan fingerprint density at radius 2 is 2.03 bits per heavy atom. The highest BCUT2D eigenvalue weighted by Gasteiger charge is 2.22. The predicted octanol–water partition coefficient (Wildman–Crippen LogP) is 1.48. The number of hydrogen-bond acceptors (Lipinski definition) is 6. The molecular weight excluding hydrogens is 372 g/mol. The van der Waals surface area contributed by atoms with Crippen molar-refractivity contribution >= 4 is 16.9 Å². The van der Waals surface area contributed by atoms with E-state index in [-0.39, 0.29) is 29.1 Å². The van der Waals surface area contributed by atoms with Crippen LogP contribution in [0.5, 0.6) is 0 Å². The van der Waals surface area contributed by atoms with Gasteiger partial charge in [0.15, 0.2) is 11.9 Å². The Kier molecular flexibility index (Phi) is 6.91. The number of carbonyl (C=O) groups excluding carboxylic acids is 1. The van der Waals surface area contributed by atoms with Crippen LogP contribution in [0.4, 0.5) is 0 Å². The molecule has 3 heterocycles. The number of hydrogen-bond donors (Lipinski definition) is 2. The van der Waals surface area contributed by atoms with Gasteiger partial charge in [-0.1, -0.05) is 11.8 Å². The van der Waals surface area contributed by atoms with Gasteiger partial charge < -0.3 is 19.4 Å². The van der Waals surface area contributed by atoms with Crippen LogP contribution in [0.1, 0.15) is 40.5 Å². The van der Waals surface area contributed by atoms with Crippen LogP contribution < -0.4 is 5.56 Å². The van der Waals surface area contributed by atoms with Gasteiger partial charge in [-0.05, 0) is 19.9 Å². The Balaban J connectivity index is 0.00000145. The fourth-order valence-electron chi connectivity index (χ4n) is 2.76. The molecule has 0 saturated carbocycles. The maximum Gasteiger partial charge on any atom is 0.340 e. The smallest absolute Gasteiger partial charge is 0.340 e. The number of aromatic nitrogens is 4. The molecule has 0 aromatic carbocycles. The largest absolute Gasteiger partial charge is 0.462 e. The number of aryl methyl sites for hydroxylation is 2. The zero-order chi connectivity index (χ0) is 21.6. The van der Waals surface area contributed by atoms with Gasteiger partial charge in [0.2, 0.25) is 0 Å². The maximum absolute atomic E-state index is 12.4. The Morgan fingerprint density at radius 1 is 1.38 bits per heavy atom. The van der Waals surface area contributed by atoms with Crippen molar-refractivity contribution in [3.63, 3.8) is 0 Å². The number of terminal acetylenes is 1. The van der Waals surface area contributed by atoms with E-state index in [9.17, 15) is 14.7 Å². The number of aliphatic hydroxyl groups is 1. The van der Waals surface area contributed by atoms with Crippen LogP contribution in [0, 0.1) is 31.6 Å². The van der Waals surface area contributed by atoms with E-state index in [1.807, 2.05) is 0 Å². The monoisotopic (exact) mass is 392 g/mol. The lowest BCUT2D eigenvalue weighted by Gasteiger charge is -2.05. The molecule has 0 aliphatic carbocycles. The molecule has 0 saturated heterocycles. The highest BCUT2D eigenvalue weighted by Crippen LogP contribution is 2.24. The molecule has 3 aromatic rings. The molecule has 0 spiro atoms. The Labute approximate surface area is 167 Å². The molecule has 148 valence electrons. The zero-order valence-electron chi connectivity index (χ0n) is 16.3. The fraction of sp³-hybridized carbons (Fsp3) is 0.238. The molecule has 0 amide bonds. The molecule has 29 heavy (non-hydrogen) atoms. The van der Waals surface area contributed by atoms with Crippen LogP contribution in [-0.4, -0.2) is 37.2 Å². The molecule has 0 aliphatic rings. The van der Waals surface area contributed by atoms with Gasteiger partial charge in [0.25, 0.3) is 5.56 Å². The van der Waals surface area contributed by atoms with E-state index in [1.165, 1.54) is 23.2 Å². The second kappa shape index (κ2) is 9.36. The van der Waals surface area contributed by atoms with Crippen molar-refractivity contribution in [3.8, 4) is 24.7 Å². The summed E-state index contributed by atoms with van der Waals surface area (Å²) in [6.45, 7) is 3.61. The van der Waals surface area contributed by atoms with Crippen molar-refractivity contribution in [3.05, 3.63) is 57.7 Å². The van der Waals surface area contributed by atoms with Gasteiger partial charge in [0, 0.05) is 36.7 Å². The molecule has 0 radical (unpaired) electrons. The van der Waals surface area contributed by atoms with E-state index in [0.717, 1.165) is 0 Å². The van der Waals surface area contributed by atoms with E-state index in [4.69, 9.17) is 4.74 Å². The average molecular weight is 392 g/mol. The molecule has 3 rings (SSSR count). The predicted molar refractivity (Wildman–Crippen MR) is 108 cm³/mol. The molecule has 0 bridgehead atoms. The maximum atomic E-state index is 12.4. The molecule has 1 atom stereocenters. The minimum Gasteiger partial charge on any atom is -0.462 e. The van der Waals surface area contributed by atoms with Gasteiger partial charge in [0.05, 0.1) is 17.7 Å². The lowest BCUT2D eigenvalue weighted by molar-refractivity contribution is 0.0528. The van der Waals surface area contributed by atoms with Crippen molar-refractivity contribution in [2.75, 3.05) is 6.61 Å². The lowest BCUT2D eigenvalue weighted by Crippen LogP contribution is -2.17. The van der Waals surface area contributed by atoms with Crippen molar-refractivity contribution in [2.24, 2.45) is 7.05 Å². The number of nitrogens with one attached hydrogen (secondary N) is 1. The minimum atomic E-state index is -1.20. The molecule has 0 unspecified atom stereocenters. The number of esters is 1. The van der Waals surface area contributed by atoms with E-state index in [0.29, 0.717) is 16.6 Å². The average Bonchev–Trinajstić information content (AvgIpc) is 3.09. The second-order valence-electron chi connectivity index (χ2n) is 5.83. The van der Waals surface area contributed by atoms with Crippen molar-refractivity contribution in [1.82, 2.24) is 19.5 Å². The lowest BCUT2D eigenvalue weighted by atomic mass is 10.1. The second-order valence-corrected chi connectivity index (χ2v) is 5.83. The number of carbonyl (C=O) groups is 1. The van der Waals surface area contributed by atoms with E-state index >= 15 is 0 Å². The third kappa shape index (κ3) is 4.34. The number of nitrogens with zero attached hydrogens (tertiary/aromatic N) is 3. The van der Waals surface area contributed by atoms with Gasteiger partial charge in [-0.25, -0.2) is 14.8 Å². The summed E-state index contributed by atoms with van der Waals surface area (Å²) in [7, 11) is 1.59. The van der Waals surface area contributed by atoms with E-state index < -0.39 is 12.1 Å². The SMILES string of the molecule is C#C.CCOC(=O)c1c(C)[nH]c2c(=O)n(C)cc(C#C[C@H](O)c3ncccn3)c12. The summed E-state index contributed by atoms with van der Waals surface area (Å²) in [4.78, 5) is 35.7. The van der Waals surface area contributed by atoms with Crippen molar-refractivity contribution < 1.29 is 14.6 Å². The Hall–Kier alpha value is -3.88. The number of rotatable bonds is 3. The zero-order valence-corrected chi connectivity index (χ0v) is 16.3. The molecular formula is C21H20N4O4. The molecule has 3 aromatic heterocycles. The quantitative estimate of drug-likeness (QED) is 0.516. The van der Waals surface area contributed by atoms with Gasteiger partial charge in [0.1, 0.15) is 5.52 Å². The molecule has 0 fully saturated rings. The molecule has 0 aliphatic heterocycles. The van der Waals surface area contributed by atoms with Crippen LogP contribution in [0.15, 0.2) is 29.5 Å². The van der Waals surface area contributed by atoms with Crippen LogP contribution in [-0.2, 0) is 11.8 Å². The number of H-pyrrole nitrogens is 1. The summed E-state index contributed by atoms with van der Waals surface area (Å²) >= 11 is 0. The van der Waals surface area contributed by atoms with Gasteiger partial charge in [-0.2, -0.15) is 0 Å². The number of fused-ring (bicyclic) bond motifs is 1. The Bertz CT molecular complexity index is 1160. The first kappa shape index (κ1) is 21.4. The van der Waals surface area contributed by atoms with Gasteiger partial charge in [-0.3, -0.25) is 4.79 Å². The van der Waals surface area contributed by atoms with Crippen molar-refractivity contribution in [2.45, 2.75) is 20.0 Å². The summed E-state index contributed by atoms with van der Waals surface area (Å²) in [5, 5.41) is 10.6. The first-order valence-electron chi connectivity index (χ1n) is 8.63. The summed E-state index contributed by atoms with van der Waals surface area (Å²) in [5.74, 6) is 5.13. The van der Waals surface area contributed by atoms with Crippen LogP contribution in [0.2, 0.25) is 0 Å². The van der Waals surface area contributed by atoms with Gasteiger partial charge in [-0.15, -0.1) is 12.8 Å². The molecule has 2 N–H and O–H groups in total. The third-order valence-corrected chi connectivity index (χ3v) is 3.97. The van der Waals surface area contributed by atoms with E-state index in [2.05, 4.69) is 39.6 Å². The number of aromatic amines is 1. The van der Waals surface area contributed by atoms with Gasteiger partial charge >= 0.3 is 5.97 Å². The van der Waals surface area contributed by atoms with E-state index in [1.54, 1.807) is 27.0 Å². The van der Waals surface area contributed by atoms with Crippen molar-refractivity contribution in [1.29, 1.82) is 0 Å². The topological polar surface area (TPSA) is 110 Å². The van der Waals surface area contributed by atoms with Crippen LogP contribution >= 0.6 is 0 Å². The molecule has 8 heteroatoms. The fourth-order valence-corrected chi connectivity index (χ4v) is 2.76.